The highest BCUT2D eigenvalue weighted by Crippen LogP contribution is 2.39. The minimum atomic E-state index is 0.269. The maximum absolute atomic E-state index is 12.5. The van der Waals surface area contributed by atoms with E-state index in [1.807, 2.05) is 18.3 Å². The number of piperidine rings is 2. The Labute approximate surface area is 162 Å². The third-order valence-corrected chi connectivity index (χ3v) is 6.12. The third kappa shape index (κ3) is 4.56. The second-order valence-electron chi connectivity index (χ2n) is 8.19. The van der Waals surface area contributed by atoms with Crippen molar-refractivity contribution in [3.8, 4) is 0 Å². The van der Waals surface area contributed by atoms with Gasteiger partial charge in [0.25, 0.3) is 0 Å². The first-order valence-electron chi connectivity index (χ1n) is 10.2. The van der Waals surface area contributed by atoms with E-state index >= 15 is 0 Å². The van der Waals surface area contributed by atoms with Gasteiger partial charge in [-0.2, -0.15) is 0 Å². The molecule has 2 aromatic rings. The van der Waals surface area contributed by atoms with Crippen molar-refractivity contribution in [1.82, 2.24) is 14.8 Å². The Morgan fingerprint density at radius 3 is 2.67 bits per heavy atom. The molecule has 2 fully saturated rings. The van der Waals surface area contributed by atoms with Gasteiger partial charge in [0.05, 0.1) is 0 Å². The number of hydrogen-bond acceptors (Lipinski definition) is 3. The first-order valence-corrected chi connectivity index (χ1v) is 10.2. The van der Waals surface area contributed by atoms with Crippen molar-refractivity contribution in [2.45, 2.75) is 38.6 Å². The lowest BCUT2D eigenvalue weighted by atomic mass is 9.73. The number of nitrogens with zero attached hydrogens (tertiary/aromatic N) is 3. The molecule has 0 aliphatic carbocycles. The standard InChI is InChI=1S/C23H29N3O/c27-22-10-13-23(19-26(22)17-20-7-2-1-3-8-20)12-6-15-25(18-23)16-11-21-9-4-5-14-24-21/h1-5,7-9,14H,6,10-13,15-19H2. The van der Waals surface area contributed by atoms with Crippen LogP contribution in [0.15, 0.2) is 54.7 Å². The molecule has 142 valence electrons. The normalized spacial score (nSPS) is 23.7. The Morgan fingerprint density at radius 2 is 1.85 bits per heavy atom. The number of carbonyl (C=O) groups is 1. The van der Waals surface area contributed by atoms with E-state index in [9.17, 15) is 4.79 Å². The lowest BCUT2D eigenvalue weighted by Gasteiger charge is -2.48. The summed E-state index contributed by atoms with van der Waals surface area (Å²) in [7, 11) is 0. The van der Waals surface area contributed by atoms with Crippen molar-refractivity contribution in [3.63, 3.8) is 0 Å². The first-order chi connectivity index (χ1) is 13.2. The van der Waals surface area contributed by atoms with Crippen LogP contribution in [0.1, 0.15) is 36.9 Å². The van der Waals surface area contributed by atoms with Crippen LogP contribution >= 0.6 is 0 Å². The van der Waals surface area contributed by atoms with Gasteiger partial charge in [0.2, 0.25) is 5.91 Å². The highest BCUT2D eigenvalue weighted by Gasteiger charge is 2.41. The van der Waals surface area contributed by atoms with Crippen LogP contribution in [-0.4, -0.2) is 46.9 Å². The quantitative estimate of drug-likeness (QED) is 0.815. The van der Waals surface area contributed by atoms with Crippen LogP contribution in [0.25, 0.3) is 0 Å². The Bertz CT molecular complexity index is 749. The molecule has 1 aromatic heterocycles. The second kappa shape index (κ2) is 8.22. The van der Waals surface area contributed by atoms with E-state index < -0.39 is 0 Å². The van der Waals surface area contributed by atoms with Crippen LogP contribution in [0.2, 0.25) is 0 Å². The molecule has 27 heavy (non-hydrogen) atoms. The second-order valence-corrected chi connectivity index (χ2v) is 8.19. The summed E-state index contributed by atoms with van der Waals surface area (Å²) in [6.45, 7) is 4.99. The molecular formula is C23H29N3O. The number of carbonyl (C=O) groups excluding carboxylic acids is 1. The van der Waals surface area contributed by atoms with Crippen molar-refractivity contribution in [2.75, 3.05) is 26.2 Å². The summed E-state index contributed by atoms with van der Waals surface area (Å²) < 4.78 is 0. The molecule has 0 bridgehead atoms. The molecule has 4 nitrogen and oxygen atoms in total. The fourth-order valence-corrected chi connectivity index (χ4v) is 4.70. The van der Waals surface area contributed by atoms with Crippen molar-refractivity contribution in [2.24, 2.45) is 5.41 Å². The van der Waals surface area contributed by atoms with E-state index in [2.05, 4.69) is 51.2 Å². The number of rotatable bonds is 5. The number of amides is 1. The lowest BCUT2D eigenvalue weighted by Crippen LogP contribution is -2.54. The summed E-state index contributed by atoms with van der Waals surface area (Å²) in [6.07, 6.45) is 7.09. The SMILES string of the molecule is O=C1CCC2(CCCN(CCc3ccccn3)C2)CN1Cc1ccccc1. The molecule has 1 amide bonds. The van der Waals surface area contributed by atoms with Crippen LogP contribution < -0.4 is 0 Å². The maximum atomic E-state index is 12.5. The van der Waals surface area contributed by atoms with E-state index in [1.54, 1.807) is 0 Å². The third-order valence-electron chi connectivity index (χ3n) is 6.12. The summed E-state index contributed by atoms with van der Waals surface area (Å²) in [5.41, 5.74) is 2.66. The van der Waals surface area contributed by atoms with Gasteiger partial charge in [0.15, 0.2) is 0 Å². The maximum Gasteiger partial charge on any atom is 0.222 e. The van der Waals surface area contributed by atoms with E-state index in [1.165, 1.54) is 30.6 Å². The molecule has 0 N–H and O–H groups in total. The zero-order chi connectivity index (χ0) is 18.5. The predicted molar refractivity (Wildman–Crippen MR) is 107 cm³/mol. The fraction of sp³-hybridized carbons (Fsp3) is 0.478. The topological polar surface area (TPSA) is 36.4 Å². The average molecular weight is 364 g/mol. The molecule has 2 aliphatic heterocycles. The average Bonchev–Trinajstić information content (AvgIpc) is 2.71. The summed E-state index contributed by atoms with van der Waals surface area (Å²) in [4.78, 5) is 21.7. The number of likely N-dealkylation sites (tertiary alicyclic amines) is 2. The lowest BCUT2D eigenvalue weighted by molar-refractivity contribution is -0.140. The van der Waals surface area contributed by atoms with Crippen molar-refractivity contribution >= 4 is 5.91 Å². The van der Waals surface area contributed by atoms with Crippen LogP contribution in [0.3, 0.4) is 0 Å². The molecule has 1 spiro atoms. The van der Waals surface area contributed by atoms with E-state index in [0.29, 0.717) is 12.3 Å². The molecule has 3 heterocycles. The van der Waals surface area contributed by atoms with Gasteiger partial charge >= 0.3 is 0 Å². The zero-order valence-corrected chi connectivity index (χ0v) is 16.0. The molecule has 2 aliphatic rings. The van der Waals surface area contributed by atoms with Gasteiger partial charge in [-0.3, -0.25) is 9.78 Å². The monoisotopic (exact) mass is 363 g/mol. The van der Waals surface area contributed by atoms with Crippen LogP contribution in [0.4, 0.5) is 0 Å². The molecule has 4 rings (SSSR count). The molecule has 0 saturated carbocycles. The van der Waals surface area contributed by atoms with Gasteiger partial charge in [-0.15, -0.1) is 0 Å². The Kier molecular flexibility index (Phi) is 5.53. The van der Waals surface area contributed by atoms with Gasteiger partial charge in [0.1, 0.15) is 0 Å². The smallest absolute Gasteiger partial charge is 0.222 e. The molecule has 0 radical (unpaired) electrons. The minimum Gasteiger partial charge on any atom is -0.338 e. The molecule has 2 saturated heterocycles. The van der Waals surface area contributed by atoms with Crippen molar-refractivity contribution < 1.29 is 4.79 Å². The Hall–Kier alpha value is -2.20. The summed E-state index contributed by atoms with van der Waals surface area (Å²) >= 11 is 0. The number of benzene rings is 1. The molecule has 4 heteroatoms. The summed E-state index contributed by atoms with van der Waals surface area (Å²) in [5.74, 6) is 0.315. The van der Waals surface area contributed by atoms with Gasteiger partial charge in [-0.1, -0.05) is 36.4 Å². The van der Waals surface area contributed by atoms with Crippen LogP contribution in [0.5, 0.6) is 0 Å². The molecule has 1 unspecified atom stereocenters. The van der Waals surface area contributed by atoms with E-state index in [4.69, 9.17) is 0 Å². The largest absolute Gasteiger partial charge is 0.338 e. The Morgan fingerprint density at radius 1 is 1.00 bits per heavy atom. The highest BCUT2D eigenvalue weighted by atomic mass is 16.2. The molecular weight excluding hydrogens is 334 g/mol. The first kappa shape index (κ1) is 18.2. The van der Waals surface area contributed by atoms with Gasteiger partial charge < -0.3 is 9.80 Å². The number of hydrogen-bond donors (Lipinski definition) is 0. The fourth-order valence-electron chi connectivity index (χ4n) is 4.70. The van der Waals surface area contributed by atoms with Gasteiger partial charge in [0, 0.05) is 56.3 Å². The zero-order valence-electron chi connectivity index (χ0n) is 16.0. The van der Waals surface area contributed by atoms with Gasteiger partial charge in [-0.25, -0.2) is 0 Å². The van der Waals surface area contributed by atoms with Crippen LogP contribution in [-0.2, 0) is 17.8 Å². The molecule has 1 aromatic carbocycles. The van der Waals surface area contributed by atoms with Crippen molar-refractivity contribution in [1.29, 1.82) is 0 Å². The van der Waals surface area contributed by atoms with Crippen LogP contribution in [0, 0.1) is 5.41 Å². The van der Waals surface area contributed by atoms with E-state index in [-0.39, 0.29) is 5.41 Å². The number of pyridine rings is 1. The Balaban J connectivity index is 1.38. The van der Waals surface area contributed by atoms with Crippen molar-refractivity contribution in [3.05, 3.63) is 66.0 Å². The summed E-state index contributed by atoms with van der Waals surface area (Å²) in [6, 6.07) is 16.5. The number of aromatic nitrogens is 1. The molecule has 1 atom stereocenters. The minimum absolute atomic E-state index is 0.269. The predicted octanol–water partition coefficient (Wildman–Crippen LogP) is 3.53. The van der Waals surface area contributed by atoms with Gasteiger partial charge in [-0.05, 0) is 43.5 Å². The highest BCUT2D eigenvalue weighted by molar-refractivity contribution is 5.77. The van der Waals surface area contributed by atoms with E-state index in [0.717, 1.165) is 39.0 Å². The summed E-state index contributed by atoms with van der Waals surface area (Å²) in [5, 5.41) is 0.